The number of primary amides is 1. The third-order valence-electron chi connectivity index (χ3n) is 12.4. The number of nitrogens with one attached hydrogen (secondary N) is 10. The summed E-state index contributed by atoms with van der Waals surface area (Å²) < 4.78 is 0. The monoisotopic (exact) mass is 1130 g/mol. The van der Waals surface area contributed by atoms with E-state index in [0.29, 0.717) is 16.8 Å². The van der Waals surface area contributed by atoms with E-state index in [-0.39, 0.29) is 56.1 Å². The van der Waals surface area contributed by atoms with Crippen molar-refractivity contribution in [3.8, 4) is 0 Å². The fourth-order valence-electron chi connectivity index (χ4n) is 8.43. The van der Waals surface area contributed by atoms with Crippen LogP contribution < -0.4 is 59.7 Å². The molecule has 2 aromatic heterocycles. The number of carbonyl (C=O) groups excluding carboxylic acids is 9. The molecule has 1 aliphatic rings. The number of imidazole rings is 1. The number of aromatic nitrogens is 3. The van der Waals surface area contributed by atoms with Crippen molar-refractivity contribution in [2.24, 2.45) is 22.2 Å². The van der Waals surface area contributed by atoms with Crippen LogP contribution in [0.1, 0.15) is 49.4 Å². The Hall–Kier alpha value is -8.66. The Morgan fingerprint density at radius 2 is 1.32 bits per heavy atom. The zero-order chi connectivity index (χ0) is 57.0. The molecule has 0 bridgehead atoms. The summed E-state index contributed by atoms with van der Waals surface area (Å²) in [6, 6.07) is 10.00. The van der Waals surface area contributed by atoms with Crippen LogP contribution in [0.15, 0.2) is 90.4 Å². The van der Waals surface area contributed by atoms with Crippen molar-refractivity contribution < 1.29 is 53.1 Å². The number of amides is 9. The molecule has 0 aliphatic carbocycles. The van der Waals surface area contributed by atoms with Gasteiger partial charge in [0.25, 0.3) is 0 Å². The molecule has 0 spiro atoms. The van der Waals surface area contributed by atoms with Crippen molar-refractivity contribution in [1.82, 2.24) is 57.5 Å². The van der Waals surface area contributed by atoms with Crippen molar-refractivity contribution >= 4 is 108 Å². The molecule has 0 unspecified atom stereocenters. The molecule has 1 aliphatic heterocycles. The third-order valence-corrected chi connectivity index (χ3v) is 14.9. The van der Waals surface area contributed by atoms with Crippen LogP contribution in [0.3, 0.4) is 0 Å². The van der Waals surface area contributed by atoms with Crippen LogP contribution >= 0.6 is 21.6 Å². The number of carboxylic acid groups (broad SMARTS) is 1. The number of carbonyl (C=O) groups is 10. The molecule has 6 rings (SSSR count). The molecule has 0 saturated carbocycles. The molecular formula is C51H63N15O11S2. The lowest BCUT2D eigenvalue weighted by molar-refractivity contribution is -0.138. The van der Waals surface area contributed by atoms with Gasteiger partial charge in [-0.15, -0.1) is 0 Å². The van der Waals surface area contributed by atoms with Crippen LogP contribution in [0.2, 0.25) is 0 Å². The predicted octanol–water partition coefficient (Wildman–Crippen LogP) is -1.60. The molecule has 79 heavy (non-hydrogen) atoms. The lowest BCUT2D eigenvalue weighted by atomic mass is 9.99. The van der Waals surface area contributed by atoms with Gasteiger partial charge in [-0.25, -0.2) is 4.98 Å². The molecule has 3 heterocycles. The van der Waals surface area contributed by atoms with Crippen LogP contribution in [-0.4, -0.2) is 152 Å². The summed E-state index contributed by atoms with van der Waals surface area (Å²) in [6.07, 6.45) is 2.78. The summed E-state index contributed by atoms with van der Waals surface area (Å²) in [5.41, 5.74) is 19.1. The van der Waals surface area contributed by atoms with Gasteiger partial charge < -0.3 is 74.8 Å². The minimum absolute atomic E-state index is 0.0217. The standard InChI is InChI=1S/C51H63N15O11S2/c1-27(67)60-41-25-79-78-24-40(44(52)71)61-42(68)23-58-45(72)38(19-31-21-57-34-10-5-4-9-33(31)34)65-46(73)35(11-6-16-56-51(53)54)62-48(75)37(18-28-12-13-29-7-2-3-8-30(29)17-28)64-49(76)39(20-32-22-55-26-59-32)66-47(74)36(63-50(41)77)14-15-43(69)70/h2-5,7-10,12-13,17,21-22,26,35-41,57H,6,11,14-16,18-20,23-25H2,1H3,(H2,52,71)(H,55,59)(H,58,72)(H,60,67)(H,61,68)(H,62,75)(H,63,77)(H,64,76)(H,65,73)(H,66,74)(H,69,70)(H4,53,54,56)/t35-,36-,37+,38-,39-,40-,41-/m0/s1. The topological polar surface area (TPSA) is 422 Å². The Labute approximate surface area is 460 Å². The Kier molecular flexibility index (Phi) is 22.0. The average molecular weight is 1130 g/mol. The first-order valence-corrected chi connectivity index (χ1v) is 27.5. The molecular weight excluding hydrogens is 1060 g/mol. The minimum atomic E-state index is -1.60. The summed E-state index contributed by atoms with van der Waals surface area (Å²) in [4.78, 5) is 151. The van der Waals surface area contributed by atoms with Crippen molar-refractivity contribution in [3.63, 3.8) is 0 Å². The number of hydrogen-bond donors (Lipinski definition) is 14. The van der Waals surface area contributed by atoms with Gasteiger partial charge in [-0.1, -0.05) is 82.3 Å². The first kappa shape index (κ1) is 59.6. The smallest absolute Gasteiger partial charge is 0.303 e. The molecule has 7 atom stereocenters. The number of carboxylic acids is 1. The zero-order valence-electron chi connectivity index (χ0n) is 42.9. The number of hydrogen-bond acceptors (Lipinski definition) is 14. The third kappa shape index (κ3) is 18.5. The number of nitrogens with zero attached hydrogens (tertiary/aromatic N) is 2. The summed E-state index contributed by atoms with van der Waals surface area (Å²) in [6.45, 7) is 0.485. The highest BCUT2D eigenvalue weighted by molar-refractivity contribution is 8.76. The van der Waals surface area contributed by atoms with E-state index in [1.165, 1.54) is 12.5 Å². The average Bonchev–Trinajstić information content (AvgIpc) is 4.10. The van der Waals surface area contributed by atoms with E-state index >= 15 is 0 Å². The SMILES string of the molecule is CC(=O)N[C@H]1CSSC[C@@H](C(N)=O)NC(=O)CNC(=O)[C@H](Cc2c[nH]c3ccccc23)NC(=O)[C@H](CCCN=C(N)N)NC(=O)[C@@H](Cc2ccc3ccccc3c2)NC(=O)[C@H](Cc2cnc[nH]2)NC(=O)[C@H](CCC(=O)O)NC1=O. The predicted molar refractivity (Wildman–Crippen MR) is 295 cm³/mol. The highest BCUT2D eigenvalue weighted by Gasteiger charge is 2.35. The van der Waals surface area contributed by atoms with Crippen LogP contribution in [0, 0.1) is 0 Å². The van der Waals surface area contributed by atoms with Gasteiger partial charge in [0.1, 0.15) is 42.3 Å². The first-order valence-electron chi connectivity index (χ1n) is 25.0. The number of aliphatic imine (C=N–C) groups is 1. The molecule has 420 valence electrons. The van der Waals surface area contributed by atoms with Gasteiger partial charge in [0.05, 0.1) is 12.9 Å². The Morgan fingerprint density at radius 1 is 0.696 bits per heavy atom. The fourth-order valence-corrected chi connectivity index (χ4v) is 10.8. The summed E-state index contributed by atoms with van der Waals surface area (Å²) >= 11 is 0. The maximum Gasteiger partial charge on any atom is 0.303 e. The van der Waals surface area contributed by atoms with E-state index in [2.05, 4.69) is 62.5 Å². The zero-order valence-corrected chi connectivity index (χ0v) is 44.5. The second-order valence-electron chi connectivity index (χ2n) is 18.5. The number of benzene rings is 3. The number of aromatic amines is 2. The number of fused-ring (bicyclic) bond motifs is 2. The number of H-pyrrole nitrogens is 2. The minimum Gasteiger partial charge on any atom is -0.481 e. The molecule has 0 radical (unpaired) electrons. The van der Waals surface area contributed by atoms with E-state index in [0.717, 1.165) is 50.2 Å². The molecule has 28 heteroatoms. The van der Waals surface area contributed by atoms with Crippen LogP contribution in [0.5, 0.6) is 0 Å². The quantitative estimate of drug-likeness (QED) is 0.0243. The van der Waals surface area contributed by atoms with E-state index < -0.39 is 121 Å². The van der Waals surface area contributed by atoms with Crippen LogP contribution in [0.25, 0.3) is 21.7 Å². The number of rotatable bonds is 15. The van der Waals surface area contributed by atoms with Gasteiger partial charge in [-0.3, -0.25) is 52.9 Å². The van der Waals surface area contributed by atoms with Gasteiger partial charge in [0, 0.05) is 79.6 Å². The number of para-hydroxylation sites is 1. The fraction of sp³-hybridized carbons (Fsp3) is 0.373. The van der Waals surface area contributed by atoms with E-state index in [4.69, 9.17) is 17.2 Å². The number of guanidine groups is 1. The van der Waals surface area contributed by atoms with Gasteiger partial charge >= 0.3 is 5.97 Å². The maximum absolute atomic E-state index is 14.9. The number of nitrogens with two attached hydrogens (primary N) is 3. The molecule has 1 saturated heterocycles. The maximum atomic E-state index is 14.9. The highest BCUT2D eigenvalue weighted by Crippen LogP contribution is 2.24. The van der Waals surface area contributed by atoms with Crippen molar-refractivity contribution in [1.29, 1.82) is 0 Å². The Balaban J connectivity index is 1.41. The van der Waals surface area contributed by atoms with Crippen LogP contribution in [-0.2, 0) is 67.2 Å². The molecule has 9 amide bonds. The molecule has 3 aromatic carbocycles. The van der Waals surface area contributed by atoms with Gasteiger partial charge in [-0.2, -0.15) is 0 Å². The van der Waals surface area contributed by atoms with Crippen molar-refractivity contribution in [2.75, 3.05) is 24.6 Å². The normalized spacial score (nSPS) is 21.7. The van der Waals surface area contributed by atoms with E-state index in [9.17, 15) is 53.1 Å². The van der Waals surface area contributed by atoms with E-state index in [1.807, 2.05) is 54.6 Å². The lowest BCUT2D eigenvalue weighted by Gasteiger charge is -2.28. The van der Waals surface area contributed by atoms with Crippen LogP contribution in [0.4, 0.5) is 0 Å². The molecule has 17 N–H and O–H groups in total. The van der Waals surface area contributed by atoms with Gasteiger partial charge in [0.15, 0.2) is 5.96 Å². The Bertz CT molecular complexity index is 3040. The summed E-state index contributed by atoms with van der Waals surface area (Å²) in [5, 5.41) is 32.9. The van der Waals surface area contributed by atoms with Gasteiger partial charge in [-0.05, 0) is 47.2 Å². The summed E-state index contributed by atoms with van der Waals surface area (Å²) in [5.74, 6) is -9.66. The van der Waals surface area contributed by atoms with E-state index in [1.54, 1.807) is 18.3 Å². The summed E-state index contributed by atoms with van der Waals surface area (Å²) in [7, 11) is 1.98. The van der Waals surface area contributed by atoms with Crippen molar-refractivity contribution in [3.05, 3.63) is 102 Å². The van der Waals surface area contributed by atoms with Gasteiger partial charge in [0.2, 0.25) is 53.2 Å². The lowest BCUT2D eigenvalue weighted by Crippen LogP contribution is -2.60. The van der Waals surface area contributed by atoms with Crippen molar-refractivity contribution in [2.45, 2.75) is 94.2 Å². The molecule has 1 fully saturated rings. The second kappa shape index (κ2) is 29.2. The Morgan fingerprint density at radius 3 is 1.99 bits per heavy atom. The molecule has 5 aromatic rings. The first-order chi connectivity index (χ1) is 37.8. The molecule has 26 nitrogen and oxygen atoms in total. The number of aliphatic carboxylic acids is 1. The largest absolute Gasteiger partial charge is 0.481 e. The highest BCUT2D eigenvalue weighted by atomic mass is 33.1. The second-order valence-corrected chi connectivity index (χ2v) is 21.0.